The second kappa shape index (κ2) is 6.41. The molecule has 1 aliphatic rings. The third kappa shape index (κ3) is 3.07. The zero-order chi connectivity index (χ0) is 17.4. The first-order valence-electron chi connectivity index (χ1n) is 8.25. The van der Waals surface area contributed by atoms with Gasteiger partial charge in [-0.2, -0.15) is 16.9 Å². The molecule has 0 atom stereocenters. The molecule has 25 heavy (non-hydrogen) atoms. The molecule has 126 valence electrons. The summed E-state index contributed by atoms with van der Waals surface area (Å²) in [6.07, 6.45) is 0. The first-order valence-corrected chi connectivity index (χ1v) is 9.41. The average molecular weight is 349 g/mol. The molecule has 4 nitrogen and oxygen atoms in total. The number of thioether (sulfide) groups is 1. The summed E-state index contributed by atoms with van der Waals surface area (Å²) in [5, 5.41) is 7.85. The smallest absolute Gasteiger partial charge is 0.256 e. The molecule has 0 spiro atoms. The Morgan fingerprint density at radius 3 is 2.60 bits per heavy atom. The van der Waals surface area contributed by atoms with E-state index in [9.17, 15) is 4.79 Å². The molecule has 5 heteroatoms. The number of nitrogens with one attached hydrogen (secondary N) is 1. The number of aryl methyl sites for hydroxylation is 2. The van der Waals surface area contributed by atoms with Crippen LogP contribution in [0.4, 0.5) is 5.82 Å². The van der Waals surface area contributed by atoms with E-state index in [0.29, 0.717) is 5.56 Å². The van der Waals surface area contributed by atoms with Crippen molar-refractivity contribution in [1.82, 2.24) is 9.78 Å². The van der Waals surface area contributed by atoms with Gasteiger partial charge in [-0.15, -0.1) is 0 Å². The zero-order valence-electron chi connectivity index (χ0n) is 14.2. The Hall–Kier alpha value is -2.53. The fourth-order valence-electron chi connectivity index (χ4n) is 3.05. The highest BCUT2D eigenvalue weighted by molar-refractivity contribution is 7.98. The minimum absolute atomic E-state index is 0.0998. The highest BCUT2D eigenvalue weighted by atomic mass is 32.2. The molecule has 0 saturated carbocycles. The topological polar surface area (TPSA) is 46.9 Å². The van der Waals surface area contributed by atoms with Crippen LogP contribution in [-0.4, -0.2) is 15.7 Å². The second-order valence-corrected chi connectivity index (χ2v) is 7.33. The number of nitrogens with zero attached hydrogens (tertiary/aromatic N) is 2. The van der Waals surface area contributed by atoms with Crippen LogP contribution in [0.2, 0.25) is 0 Å². The lowest BCUT2D eigenvalue weighted by Crippen LogP contribution is -2.16. The minimum atomic E-state index is -0.0998. The van der Waals surface area contributed by atoms with E-state index >= 15 is 0 Å². The summed E-state index contributed by atoms with van der Waals surface area (Å²) in [6, 6.07) is 15.8. The molecule has 1 amide bonds. The SMILES string of the molecule is Cc1cccc(C(=O)Nc2c3c(nn2-c2cccc(C)c2)CSC3)c1. The lowest BCUT2D eigenvalue weighted by atomic mass is 10.1. The van der Waals surface area contributed by atoms with Crippen molar-refractivity contribution < 1.29 is 4.79 Å². The predicted molar refractivity (Wildman–Crippen MR) is 102 cm³/mol. The van der Waals surface area contributed by atoms with Gasteiger partial charge in [0.1, 0.15) is 5.82 Å². The number of fused-ring (bicyclic) bond motifs is 1. The van der Waals surface area contributed by atoms with Crippen molar-refractivity contribution in [2.75, 3.05) is 5.32 Å². The van der Waals surface area contributed by atoms with Crippen LogP contribution in [-0.2, 0) is 11.5 Å². The molecule has 2 heterocycles. The summed E-state index contributed by atoms with van der Waals surface area (Å²) in [6.45, 7) is 4.05. The Morgan fingerprint density at radius 2 is 1.84 bits per heavy atom. The van der Waals surface area contributed by atoms with Gasteiger partial charge < -0.3 is 5.32 Å². The molecule has 1 N–H and O–H groups in total. The minimum Gasteiger partial charge on any atom is -0.306 e. The Bertz CT molecular complexity index is 961. The highest BCUT2D eigenvalue weighted by Gasteiger charge is 2.25. The summed E-state index contributed by atoms with van der Waals surface area (Å²) in [7, 11) is 0. The number of anilines is 1. The molecule has 0 radical (unpaired) electrons. The van der Waals surface area contributed by atoms with E-state index in [1.807, 2.05) is 59.8 Å². The Labute approximate surface area is 151 Å². The maximum Gasteiger partial charge on any atom is 0.256 e. The maximum absolute atomic E-state index is 12.8. The molecule has 4 rings (SSSR count). The van der Waals surface area contributed by atoms with E-state index in [1.54, 1.807) is 0 Å². The van der Waals surface area contributed by atoms with Crippen LogP contribution in [0, 0.1) is 13.8 Å². The van der Waals surface area contributed by atoms with E-state index in [4.69, 9.17) is 5.10 Å². The van der Waals surface area contributed by atoms with Crippen molar-refractivity contribution in [3.63, 3.8) is 0 Å². The number of amides is 1. The predicted octanol–water partition coefficient (Wildman–Crippen LogP) is 4.49. The van der Waals surface area contributed by atoms with Crippen LogP contribution in [0.1, 0.15) is 32.7 Å². The van der Waals surface area contributed by atoms with Crippen LogP contribution in [0.25, 0.3) is 5.69 Å². The number of hydrogen-bond acceptors (Lipinski definition) is 3. The Morgan fingerprint density at radius 1 is 1.08 bits per heavy atom. The second-order valence-electron chi connectivity index (χ2n) is 6.34. The number of aromatic nitrogens is 2. The number of carbonyl (C=O) groups excluding carboxylic acids is 1. The monoisotopic (exact) mass is 349 g/mol. The molecular weight excluding hydrogens is 330 g/mol. The molecule has 0 unspecified atom stereocenters. The molecule has 0 fully saturated rings. The highest BCUT2D eigenvalue weighted by Crippen LogP contribution is 2.36. The first-order chi connectivity index (χ1) is 12.1. The fraction of sp³-hybridized carbons (Fsp3) is 0.200. The lowest BCUT2D eigenvalue weighted by Gasteiger charge is -2.12. The van der Waals surface area contributed by atoms with Crippen LogP contribution < -0.4 is 5.32 Å². The van der Waals surface area contributed by atoms with Gasteiger partial charge in [-0.25, -0.2) is 4.68 Å². The summed E-state index contributed by atoms with van der Waals surface area (Å²) in [4.78, 5) is 12.8. The van der Waals surface area contributed by atoms with Crippen molar-refractivity contribution in [1.29, 1.82) is 0 Å². The van der Waals surface area contributed by atoms with E-state index in [0.717, 1.165) is 39.8 Å². The summed E-state index contributed by atoms with van der Waals surface area (Å²) in [5.41, 5.74) is 6.06. The molecule has 3 aromatic rings. The molecular formula is C20H19N3OS. The van der Waals surface area contributed by atoms with Gasteiger partial charge in [0, 0.05) is 22.6 Å². The van der Waals surface area contributed by atoms with Gasteiger partial charge in [-0.3, -0.25) is 4.79 Å². The van der Waals surface area contributed by atoms with Crippen LogP contribution in [0.3, 0.4) is 0 Å². The van der Waals surface area contributed by atoms with E-state index in [2.05, 4.69) is 24.4 Å². The van der Waals surface area contributed by atoms with Crippen LogP contribution in [0.15, 0.2) is 48.5 Å². The Balaban J connectivity index is 1.75. The number of carbonyl (C=O) groups is 1. The molecule has 2 aromatic carbocycles. The fourth-order valence-corrected chi connectivity index (χ4v) is 4.09. The third-order valence-electron chi connectivity index (χ3n) is 4.31. The molecule has 0 aliphatic carbocycles. The van der Waals surface area contributed by atoms with Gasteiger partial charge in [-0.1, -0.05) is 29.8 Å². The molecule has 1 aliphatic heterocycles. The van der Waals surface area contributed by atoms with Gasteiger partial charge in [-0.05, 0) is 43.7 Å². The first kappa shape index (κ1) is 16.0. The van der Waals surface area contributed by atoms with Crippen molar-refractivity contribution in [3.8, 4) is 5.69 Å². The van der Waals surface area contributed by atoms with Gasteiger partial charge in [0.2, 0.25) is 0 Å². The largest absolute Gasteiger partial charge is 0.306 e. The van der Waals surface area contributed by atoms with Gasteiger partial charge in [0.25, 0.3) is 5.91 Å². The van der Waals surface area contributed by atoms with Crippen LogP contribution >= 0.6 is 11.8 Å². The normalized spacial score (nSPS) is 12.9. The summed E-state index contributed by atoms with van der Waals surface area (Å²) >= 11 is 1.83. The average Bonchev–Trinajstić information content (AvgIpc) is 3.17. The van der Waals surface area contributed by atoms with E-state index in [1.165, 1.54) is 5.56 Å². The van der Waals surface area contributed by atoms with Gasteiger partial charge >= 0.3 is 0 Å². The van der Waals surface area contributed by atoms with Crippen LogP contribution in [0.5, 0.6) is 0 Å². The third-order valence-corrected chi connectivity index (χ3v) is 5.28. The van der Waals surface area contributed by atoms with Crippen molar-refractivity contribution >= 4 is 23.5 Å². The van der Waals surface area contributed by atoms with Gasteiger partial charge in [0.05, 0.1) is 11.4 Å². The van der Waals surface area contributed by atoms with Crippen molar-refractivity contribution in [2.24, 2.45) is 0 Å². The van der Waals surface area contributed by atoms with Gasteiger partial charge in [0.15, 0.2) is 0 Å². The van der Waals surface area contributed by atoms with E-state index in [-0.39, 0.29) is 5.91 Å². The summed E-state index contributed by atoms with van der Waals surface area (Å²) in [5.74, 6) is 2.46. The number of hydrogen-bond donors (Lipinski definition) is 1. The lowest BCUT2D eigenvalue weighted by molar-refractivity contribution is 0.102. The Kier molecular flexibility index (Phi) is 4.09. The van der Waals surface area contributed by atoms with E-state index < -0.39 is 0 Å². The maximum atomic E-state index is 12.8. The number of benzene rings is 2. The summed E-state index contributed by atoms with van der Waals surface area (Å²) < 4.78 is 1.87. The molecule has 0 saturated heterocycles. The standard InChI is InChI=1S/C20H19N3OS/c1-13-5-3-7-15(9-13)20(24)21-19-17-11-25-12-18(17)22-23(19)16-8-4-6-14(2)10-16/h3-10H,11-12H2,1-2H3,(H,21,24). The number of rotatable bonds is 3. The molecule has 0 bridgehead atoms. The quantitative estimate of drug-likeness (QED) is 0.758. The van der Waals surface area contributed by atoms with Crippen molar-refractivity contribution in [3.05, 3.63) is 76.5 Å². The zero-order valence-corrected chi connectivity index (χ0v) is 15.1. The van der Waals surface area contributed by atoms with Crippen molar-refractivity contribution in [2.45, 2.75) is 25.4 Å². The molecule has 1 aromatic heterocycles.